The van der Waals surface area contributed by atoms with Gasteiger partial charge in [0, 0.05) is 23.7 Å². The van der Waals surface area contributed by atoms with Crippen LogP contribution in [-0.2, 0) is 0 Å². The molecule has 0 saturated carbocycles. The molecule has 0 unspecified atom stereocenters. The van der Waals surface area contributed by atoms with Crippen LogP contribution in [0.3, 0.4) is 0 Å². The van der Waals surface area contributed by atoms with Gasteiger partial charge in [-0.15, -0.1) is 0 Å². The van der Waals surface area contributed by atoms with E-state index in [1.54, 1.807) is 30.3 Å². The molecular weight excluding hydrogens is 282 g/mol. The normalized spacial score (nSPS) is 9.77. The van der Waals surface area contributed by atoms with Crippen LogP contribution in [0.5, 0.6) is 0 Å². The lowest BCUT2D eigenvalue weighted by atomic mass is 10.0. The summed E-state index contributed by atoms with van der Waals surface area (Å²) in [5.41, 5.74) is 0.843. The number of carbonyl (C=O) groups excluding carboxylic acids is 1. The average Bonchev–Trinajstić information content (AvgIpc) is 2.55. The molecule has 0 heterocycles. The number of carbonyl (C=O) groups is 1. The van der Waals surface area contributed by atoms with Crippen LogP contribution < -0.4 is 5.32 Å². The molecule has 6 heteroatoms. The van der Waals surface area contributed by atoms with Crippen molar-refractivity contribution in [1.82, 2.24) is 0 Å². The van der Waals surface area contributed by atoms with Crippen molar-refractivity contribution in [3.05, 3.63) is 69.8 Å². The summed E-state index contributed by atoms with van der Waals surface area (Å²) in [5.74, 6) is -0.271. The molecule has 6 nitrogen and oxygen atoms in total. The highest BCUT2D eigenvalue weighted by atomic mass is 16.6. The van der Waals surface area contributed by atoms with Crippen molar-refractivity contribution in [2.45, 2.75) is 6.42 Å². The van der Waals surface area contributed by atoms with E-state index in [9.17, 15) is 14.9 Å². The van der Waals surface area contributed by atoms with E-state index >= 15 is 0 Å². The molecule has 22 heavy (non-hydrogen) atoms. The van der Waals surface area contributed by atoms with E-state index < -0.39 is 4.92 Å². The Morgan fingerprint density at radius 1 is 1.18 bits per heavy atom. The lowest BCUT2D eigenvalue weighted by Crippen LogP contribution is -2.06. The van der Waals surface area contributed by atoms with E-state index in [0.717, 1.165) is 0 Å². The fourth-order valence-corrected chi connectivity index (χ4v) is 1.98. The lowest BCUT2D eigenvalue weighted by molar-refractivity contribution is -0.384. The second-order valence-electron chi connectivity index (χ2n) is 4.52. The zero-order valence-electron chi connectivity index (χ0n) is 11.7. The summed E-state index contributed by atoms with van der Waals surface area (Å²) < 4.78 is 0. The van der Waals surface area contributed by atoms with Gasteiger partial charge >= 0.3 is 0 Å². The molecule has 2 rings (SSSR count). The first kappa shape index (κ1) is 15.2. The minimum Gasteiger partial charge on any atom is -0.378 e. The first-order valence-corrected chi connectivity index (χ1v) is 6.62. The predicted octanol–water partition coefficient (Wildman–Crippen LogP) is 3.15. The maximum absolute atomic E-state index is 12.3. The maximum Gasteiger partial charge on any atom is 0.293 e. The van der Waals surface area contributed by atoms with Gasteiger partial charge in [0.25, 0.3) is 5.69 Å². The van der Waals surface area contributed by atoms with Crippen LogP contribution in [0.25, 0.3) is 0 Å². The van der Waals surface area contributed by atoms with Crippen LogP contribution in [0, 0.1) is 21.4 Å². The van der Waals surface area contributed by atoms with Gasteiger partial charge in [-0.05, 0) is 12.1 Å². The number of ketones is 1. The Morgan fingerprint density at radius 3 is 2.55 bits per heavy atom. The Hall–Kier alpha value is -3.20. The van der Waals surface area contributed by atoms with Crippen molar-refractivity contribution in [3.63, 3.8) is 0 Å². The largest absolute Gasteiger partial charge is 0.378 e. The number of nitriles is 1. The van der Waals surface area contributed by atoms with Gasteiger partial charge in [0.15, 0.2) is 5.78 Å². The highest BCUT2D eigenvalue weighted by Gasteiger charge is 2.18. The molecular formula is C16H13N3O3. The van der Waals surface area contributed by atoms with Gasteiger partial charge in [-0.2, -0.15) is 5.26 Å². The van der Waals surface area contributed by atoms with Gasteiger partial charge < -0.3 is 5.32 Å². The van der Waals surface area contributed by atoms with Gasteiger partial charge in [-0.1, -0.05) is 30.3 Å². The molecule has 2 aromatic carbocycles. The van der Waals surface area contributed by atoms with E-state index in [0.29, 0.717) is 17.8 Å². The van der Waals surface area contributed by atoms with Gasteiger partial charge in [-0.3, -0.25) is 14.9 Å². The third-order valence-corrected chi connectivity index (χ3v) is 3.04. The second kappa shape index (κ2) is 6.99. The Bertz CT molecular complexity index is 736. The van der Waals surface area contributed by atoms with Crippen LogP contribution in [0.2, 0.25) is 0 Å². The standard InChI is InChI=1S/C16H13N3O3/c17-9-4-10-18-14-8-7-13(11-15(14)19(21)22)16(20)12-5-2-1-3-6-12/h1-3,5-8,11,18H,4,10H2. The van der Waals surface area contributed by atoms with E-state index in [1.807, 2.05) is 6.07 Å². The van der Waals surface area contributed by atoms with Gasteiger partial charge in [0.2, 0.25) is 0 Å². The zero-order valence-corrected chi connectivity index (χ0v) is 11.7. The SMILES string of the molecule is N#CCCNc1ccc(C(=O)c2ccccc2)cc1[N+](=O)[O-]. The van der Waals surface area contributed by atoms with Gasteiger partial charge in [-0.25, -0.2) is 0 Å². The minimum absolute atomic E-state index is 0.181. The number of nitro benzene ring substituents is 1. The molecule has 0 amide bonds. The summed E-state index contributed by atoms with van der Waals surface area (Å²) in [4.78, 5) is 22.9. The first-order valence-electron chi connectivity index (χ1n) is 6.62. The Kier molecular flexibility index (Phi) is 4.83. The molecule has 0 fully saturated rings. The van der Waals surface area contributed by atoms with E-state index in [1.165, 1.54) is 18.2 Å². The summed E-state index contributed by atoms with van der Waals surface area (Å²) in [6, 6.07) is 14.8. The van der Waals surface area contributed by atoms with Crippen molar-refractivity contribution in [2.75, 3.05) is 11.9 Å². The molecule has 110 valence electrons. The molecule has 2 aromatic rings. The number of rotatable bonds is 6. The predicted molar refractivity (Wildman–Crippen MR) is 81.7 cm³/mol. The van der Waals surface area contributed by atoms with Crippen LogP contribution in [0.15, 0.2) is 48.5 Å². The van der Waals surface area contributed by atoms with Crippen molar-refractivity contribution in [3.8, 4) is 6.07 Å². The first-order chi connectivity index (χ1) is 10.6. The quantitative estimate of drug-likeness (QED) is 0.382. The van der Waals surface area contributed by atoms with Crippen LogP contribution in [0.1, 0.15) is 22.3 Å². The molecule has 0 spiro atoms. The summed E-state index contributed by atoms with van der Waals surface area (Å²) in [5, 5.41) is 22.5. The van der Waals surface area contributed by atoms with Crippen LogP contribution >= 0.6 is 0 Å². The Balaban J connectivity index is 2.31. The number of hydrogen-bond acceptors (Lipinski definition) is 5. The van der Waals surface area contributed by atoms with E-state index in [-0.39, 0.29) is 23.5 Å². The molecule has 1 N–H and O–H groups in total. The average molecular weight is 295 g/mol. The van der Waals surface area contributed by atoms with Crippen molar-refractivity contribution < 1.29 is 9.72 Å². The zero-order chi connectivity index (χ0) is 15.9. The lowest BCUT2D eigenvalue weighted by Gasteiger charge is -2.07. The molecule has 0 radical (unpaired) electrons. The number of anilines is 1. The smallest absolute Gasteiger partial charge is 0.293 e. The van der Waals surface area contributed by atoms with Crippen molar-refractivity contribution >= 4 is 17.2 Å². The fourth-order valence-electron chi connectivity index (χ4n) is 1.98. The van der Waals surface area contributed by atoms with Crippen LogP contribution in [0.4, 0.5) is 11.4 Å². The summed E-state index contributed by atoms with van der Waals surface area (Å²) in [6.07, 6.45) is 0.238. The van der Waals surface area contributed by atoms with Crippen LogP contribution in [-0.4, -0.2) is 17.3 Å². The molecule has 0 atom stereocenters. The Morgan fingerprint density at radius 2 is 1.91 bits per heavy atom. The third kappa shape index (κ3) is 3.46. The number of nitro groups is 1. The van der Waals surface area contributed by atoms with Gasteiger partial charge in [0.1, 0.15) is 5.69 Å². The van der Waals surface area contributed by atoms with Gasteiger partial charge in [0.05, 0.1) is 17.4 Å². The summed E-state index contributed by atoms with van der Waals surface area (Å²) in [6.45, 7) is 0.309. The Labute approximate surface area is 127 Å². The highest BCUT2D eigenvalue weighted by molar-refractivity contribution is 6.09. The monoisotopic (exact) mass is 295 g/mol. The molecule has 0 aliphatic carbocycles. The fraction of sp³-hybridized carbons (Fsp3) is 0.125. The van der Waals surface area contributed by atoms with Crippen molar-refractivity contribution in [1.29, 1.82) is 5.26 Å². The molecule has 0 aliphatic rings. The van der Waals surface area contributed by atoms with E-state index in [2.05, 4.69) is 5.32 Å². The second-order valence-corrected chi connectivity index (χ2v) is 4.52. The molecule has 0 bridgehead atoms. The maximum atomic E-state index is 12.3. The third-order valence-electron chi connectivity index (χ3n) is 3.04. The van der Waals surface area contributed by atoms with Crippen molar-refractivity contribution in [2.24, 2.45) is 0 Å². The highest BCUT2D eigenvalue weighted by Crippen LogP contribution is 2.26. The molecule has 0 saturated heterocycles. The molecule has 0 aromatic heterocycles. The summed E-state index contributed by atoms with van der Waals surface area (Å²) >= 11 is 0. The number of nitrogens with one attached hydrogen (secondary N) is 1. The minimum atomic E-state index is -0.545. The topological polar surface area (TPSA) is 96.0 Å². The number of nitrogens with zero attached hydrogens (tertiary/aromatic N) is 2. The molecule has 0 aliphatic heterocycles. The number of benzene rings is 2. The summed E-state index contributed by atoms with van der Waals surface area (Å²) in [7, 11) is 0. The van der Waals surface area contributed by atoms with E-state index in [4.69, 9.17) is 5.26 Å². The number of hydrogen-bond donors (Lipinski definition) is 1.